The predicted octanol–water partition coefficient (Wildman–Crippen LogP) is 4.01. The molecule has 2 amide bonds. The Balaban J connectivity index is 1.33. The number of hydrogen-bond acceptors (Lipinski definition) is 4. The summed E-state index contributed by atoms with van der Waals surface area (Å²) in [4.78, 5) is 31.4. The molecule has 6 heteroatoms. The fourth-order valence-electron chi connectivity index (χ4n) is 4.93. The molecule has 1 saturated carbocycles. The van der Waals surface area contributed by atoms with Gasteiger partial charge in [0, 0.05) is 50.5 Å². The van der Waals surface area contributed by atoms with Crippen molar-refractivity contribution in [3.05, 3.63) is 29.8 Å². The Bertz CT molecular complexity index is 741. The molecule has 4 fully saturated rings. The summed E-state index contributed by atoms with van der Waals surface area (Å²) in [6, 6.07) is 8.01. The van der Waals surface area contributed by atoms with E-state index in [0.29, 0.717) is 24.9 Å². The number of nitrogens with zero attached hydrogens (tertiary/aromatic N) is 3. The minimum atomic E-state index is -0.469. The van der Waals surface area contributed by atoms with E-state index in [9.17, 15) is 9.59 Å². The van der Waals surface area contributed by atoms with Crippen molar-refractivity contribution in [3.63, 3.8) is 0 Å². The van der Waals surface area contributed by atoms with Gasteiger partial charge in [0.15, 0.2) is 0 Å². The molecule has 1 aromatic rings. The fraction of sp³-hybridized carbons (Fsp3) is 0.667. The smallest absolute Gasteiger partial charge is 0.410 e. The van der Waals surface area contributed by atoms with Crippen molar-refractivity contribution in [3.8, 4) is 0 Å². The minimum Gasteiger partial charge on any atom is -0.444 e. The number of ether oxygens (including phenoxy) is 1. The lowest BCUT2D eigenvalue weighted by Crippen LogP contribution is -2.50. The number of benzene rings is 1. The van der Waals surface area contributed by atoms with Gasteiger partial charge in [-0.1, -0.05) is 0 Å². The molecule has 164 valence electrons. The Morgan fingerprint density at radius 1 is 0.833 bits per heavy atom. The number of carbonyl (C=O) groups is 2. The maximum absolute atomic E-state index is 13.0. The van der Waals surface area contributed by atoms with Gasteiger partial charge in [0.2, 0.25) is 0 Å². The molecule has 2 bridgehead atoms. The number of carbonyl (C=O) groups excluding carboxylic acids is 2. The summed E-state index contributed by atoms with van der Waals surface area (Å²) in [5.41, 5.74) is 1.42. The summed E-state index contributed by atoms with van der Waals surface area (Å²) >= 11 is 0. The molecule has 0 N–H and O–H groups in total. The van der Waals surface area contributed by atoms with E-state index in [1.54, 1.807) is 4.90 Å². The van der Waals surface area contributed by atoms with E-state index in [4.69, 9.17) is 4.74 Å². The third kappa shape index (κ3) is 4.90. The average molecular weight is 414 g/mol. The molecule has 0 atom stereocenters. The lowest BCUT2D eigenvalue weighted by atomic mass is 9.84. The van der Waals surface area contributed by atoms with Gasteiger partial charge in [0.1, 0.15) is 5.60 Å². The molecule has 1 aromatic carbocycles. The molecule has 6 nitrogen and oxygen atoms in total. The van der Waals surface area contributed by atoms with Crippen molar-refractivity contribution >= 4 is 17.7 Å². The van der Waals surface area contributed by atoms with Gasteiger partial charge in [-0.3, -0.25) is 4.79 Å². The molecule has 5 rings (SSSR count). The summed E-state index contributed by atoms with van der Waals surface area (Å²) in [5, 5.41) is 0. The van der Waals surface area contributed by atoms with Crippen LogP contribution in [0.2, 0.25) is 0 Å². The molecule has 3 heterocycles. The quantitative estimate of drug-likeness (QED) is 0.735. The van der Waals surface area contributed by atoms with Gasteiger partial charge in [0.25, 0.3) is 5.91 Å². The van der Waals surface area contributed by atoms with Crippen molar-refractivity contribution in [1.82, 2.24) is 9.80 Å². The van der Waals surface area contributed by atoms with Crippen molar-refractivity contribution in [2.75, 3.05) is 44.2 Å². The summed E-state index contributed by atoms with van der Waals surface area (Å²) < 4.78 is 5.47. The molecule has 3 saturated heterocycles. The minimum absolute atomic E-state index is 0.176. The first kappa shape index (κ1) is 21.0. The molecule has 0 unspecified atom stereocenters. The highest BCUT2D eigenvalue weighted by Gasteiger charge is 2.32. The number of anilines is 1. The van der Waals surface area contributed by atoms with Crippen LogP contribution in [0.1, 0.15) is 56.8 Å². The van der Waals surface area contributed by atoms with E-state index in [1.165, 1.54) is 25.7 Å². The molecule has 3 aliphatic heterocycles. The zero-order valence-electron chi connectivity index (χ0n) is 18.6. The Morgan fingerprint density at radius 2 is 1.37 bits per heavy atom. The number of rotatable bonds is 2. The molecule has 0 spiro atoms. The summed E-state index contributed by atoms with van der Waals surface area (Å²) in [6.45, 7) is 10.3. The van der Waals surface area contributed by atoms with Gasteiger partial charge in [-0.05, 0) is 82.6 Å². The van der Waals surface area contributed by atoms with Gasteiger partial charge in [-0.25, -0.2) is 4.79 Å². The predicted molar refractivity (Wildman–Crippen MR) is 118 cm³/mol. The summed E-state index contributed by atoms with van der Waals surface area (Å²) in [6.07, 6.45) is 4.88. The average Bonchev–Trinajstić information content (AvgIpc) is 3.06. The van der Waals surface area contributed by atoms with Crippen molar-refractivity contribution in [2.45, 2.75) is 52.1 Å². The zero-order chi connectivity index (χ0) is 21.3. The second-order valence-electron chi connectivity index (χ2n) is 10.1. The molecule has 0 radical (unpaired) electrons. The Kier molecular flexibility index (Phi) is 5.94. The zero-order valence-corrected chi connectivity index (χ0v) is 18.6. The number of fused-ring (bicyclic) bond motifs is 4. The van der Waals surface area contributed by atoms with Crippen molar-refractivity contribution in [1.29, 1.82) is 0 Å². The van der Waals surface area contributed by atoms with Gasteiger partial charge >= 0.3 is 6.09 Å². The number of amides is 2. The Morgan fingerprint density at radius 3 is 1.87 bits per heavy atom. The highest BCUT2D eigenvalue weighted by Crippen LogP contribution is 2.34. The topological polar surface area (TPSA) is 53.1 Å². The van der Waals surface area contributed by atoms with E-state index >= 15 is 0 Å². The molecule has 1 aliphatic carbocycles. The molecular weight excluding hydrogens is 378 g/mol. The fourth-order valence-corrected chi connectivity index (χ4v) is 4.93. The first-order valence-electron chi connectivity index (χ1n) is 11.4. The van der Waals surface area contributed by atoms with Crippen LogP contribution < -0.4 is 4.90 Å². The van der Waals surface area contributed by atoms with Gasteiger partial charge in [-0.2, -0.15) is 0 Å². The monoisotopic (exact) mass is 413 g/mol. The van der Waals surface area contributed by atoms with Gasteiger partial charge in [0.05, 0.1) is 0 Å². The largest absolute Gasteiger partial charge is 0.444 e. The standard InChI is InChI=1S/C24H35N3O3/c1-24(2,3)30-23(29)26-14-12-25(13-15-26)21-10-8-20(9-11-21)22(28)27-16-18-4-5-19(17-27)7-6-18/h8-11,18-19H,4-7,12-17H2,1-3H3. The van der Waals surface area contributed by atoms with Crippen molar-refractivity contribution < 1.29 is 14.3 Å². The molecule has 30 heavy (non-hydrogen) atoms. The van der Waals surface area contributed by atoms with E-state index in [0.717, 1.165) is 37.4 Å². The summed E-state index contributed by atoms with van der Waals surface area (Å²) in [7, 11) is 0. The van der Waals surface area contributed by atoms with Crippen LogP contribution in [0.25, 0.3) is 0 Å². The third-order valence-electron chi connectivity index (χ3n) is 6.62. The highest BCUT2D eigenvalue weighted by molar-refractivity contribution is 5.94. The van der Waals surface area contributed by atoms with Crippen LogP contribution in [0.5, 0.6) is 0 Å². The lowest BCUT2D eigenvalue weighted by molar-refractivity contribution is 0.0240. The van der Waals surface area contributed by atoms with Crippen LogP contribution in [0, 0.1) is 11.8 Å². The molecular formula is C24H35N3O3. The van der Waals surface area contributed by atoms with Crippen LogP contribution in [0.15, 0.2) is 24.3 Å². The molecule has 0 aromatic heterocycles. The number of piperazine rings is 1. The first-order chi connectivity index (χ1) is 14.3. The van der Waals surface area contributed by atoms with E-state index in [1.807, 2.05) is 45.0 Å². The van der Waals surface area contributed by atoms with E-state index < -0.39 is 5.60 Å². The first-order valence-corrected chi connectivity index (χ1v) is 11.4. The Labute approximate surface area is 180 Å². The van der Waals surface area contributed by atoms with E-state index in [-0.39, 0.29) is 12.0 Å². The van der Waals surface area contributed by atoms with Crippen LogP contribution in [-0.4, -0.2) is 66.7 Å². The van der Waals surface area contributed by atoms with Gasteiger partial charge in [-0.15, -0.1) is 0 Å². The normalized spacial score (nSPS) is 24.6. The molecule has 4 aliphatic rings. The lowest BCUT2D eigenvalue weighted by Gasteiger charge is -2.36. The maximum Gasteiger partial charge on any atom is 0.410 e. The second kappa shape index (κ2) is 8.48. The number of hydrogen-bond donors (Lipinski definition) is 0. The van der Waals surface area contributed by atoms with E-state index in [2.05, 4.69) is 9.80 Å². The van der Waals surface area contributed by atoms with Gasteiger partial charge < -0.3 is 19.4 Å². The highest BCUT2D eigenvalue weighted by atomic mass is 16.6. The van der Waals surface area contributed by atoms with Crippen LogP contribution in [0.4, 0.5) is 10.5 Å². The Hall–Kier alpha value is -2.24. The summed E-state index contributed by atoms with van der Waals surface area (Å²) in [5.74, 6) is 1.55. The van der Waals surface area contributed by atoms with Crippen LogP contribution in [0.3, 0.4) is 0 Å². The van der Waals surface area contributed by atoms with Crippen LogP contribution >= 0.6 is 0 Å². The SMILES string of the molecule is CC(C)(C)OC(=O)N1CCN(c2ccc(C(=O)N3CC4CCC(CC4)C3)cc2)CC1. The van der Waals surface area contributed by atoms with Crippen LogP contribution in [-0.2, 0) is 4.74 Å². The maximum atomic E-state index is 13.0. The van der Waals surface area contributed by atoms with Crippen molar-refractivity contribution in [2.24, 2.45) is 11.8 Å². The third-order valence-corrected chi connectivity index (χ3v) is 6.62. The second-order valence-corrected chi connectivity index (χ2v) is 10.1.